The third-order valence-corrected chi connectivity index (χ3v) is 6.22. The van der Waals surface area contributed by atoms with Crippen LogP contribution in [0.5, 0.6) is 0 Å². The van der Waals surface area contributed by atoms with E-state index >= 15 is 0 Å². The molecule has 0 aromatic heterocycles. The lowest BCUT2D eigenvalue weighted by Crippen LogP contribution is -2.41. The zero-order valence-corrected chi connectivity index (χ0v) is 14.0. The number of hydrogen-bond donors (Lipinski definition) is 0. The van der Waals surface area contributed by atoms with Crippen molar-refractivity contribution in [2.45, 2.75) is 36.6 Å². The fraction of sp³-hybridized carbons (Fsp3) is 0.600. The highest BCUT2D eigenvalue weighted by Crippen LogP contribution is 2.37. The molecule has 1 aromatic carbocycles. The second kappa shape index (κ2) is 7.09. The van der Waals surface area contributed by atoms with E-state index in [1.54, 1.807) is 29.6 Å². The molecule has 4 nitrogen and oxygen atoms in total. The van der Waals surface area contributed by atoms with Crippen LogP contribution in [-0.2, 0) is 20.6 Å². The van der Waals surface area contributed by atoms with E-state index in [1.807, 2.05) is 13.0 Å². The minimum atomic E-state index is -3.52. The van der Waals surface area contributed by atoms with E-state index < -0.39 is 10.0 Å². The summed E-state index contributed by atoms with van der Waals surface area (Å²) in [6.45, 7) is 2.75. The van der Waals surface area contributed by atoms with Crippen LogP contribution in [0.1, 0.15) is 25.3 Å². The van der Waals surface area contributed by atoms with Crippen molar-refractivity contribution in [1.29, 1.82) is 0 Å². The van der Waals surface area contributed by atoms with Gasteiger partial charge in [0.15, 0.2) is 0 Å². The molecule has 1 aromatic rings. The predicted octanol–water partition coefficient (Wildman–Crippen LogP) is 2.86. The Bertz CT molecular complexity index is 572. The number of halogens is 1. The number of methoxy groups -OCH3 is 1. The molecule has 1 aliphatic rings. The minimum Gasteiger partial charge on any atom is -0.383 e. The predicted molar refractivity (Wildman–Crippen MR) is 84.0 cm³/mol. The molecule has 0 saturated heterocycles. The monoisotopic (exact) mass is 331 g/mol. The smallest absolute Gasteiger partial charge is 0.243 e. The van der Waals surface area contributed by atoms with E-state index in [2.05, 4.69) is 0 Å². The molecule has 1 unspecified atom stereocenters. The Morgan fingerprint density at radius 3 is 2.71 bits per heavy atom. The molecule has 0 heterocycles. The van der Waals surface area contributed by atoms with Gasteiger partial charge in [0, 0.05) is 25.6 Å². The average Bonchev–Trinajstić information content (AvgIpc) is 3.32. The zero-order chi connectivity index (χ0) is 15.5. The minimum absolute atomic E-state index is 0.00445. The number of hydrogen-bond acceptors (Lipinski definition) is 3. The van der Waals surface area contributed by atoms with Crippen molar-refractivity contribution in [2.75, 3.05) is 20.3 Å². The first-order chi connectivity index (χ1) is 10.0. The maximum atomic E-state index is 12.9. The van der Waals surface area contributed by atoms with Crippen LogP contribution in [0.3, 0.4) is 0 Å². The fourth-order valence-corrected chi connectivity index (χ4v) is 4.37. The quantitative estimate of drug-likeness (QED) is 0.688. The first-order valence-electron chi connectivity index (χ1n) is 7.16. The third-order valence-electron chi connectivity index (χ3n) is 3.93. The Kier molecular flexibility index (Phi) is 5.66. The summed E-state index contributed by atoms with van der Waals surface area (Å²) < 4.78 is 32.5. The van der Waals surface area contributed by atoms with Crippen molar-refractivity contribution in [2.24, 2.45) is 5.92 Å². The van der Waals surface area contributed by atoms with Gasteiger partial charge in [0.1, 0.15) is 0 Å². The summed E-state index contributed by atoms with van der Waals surface area (Å²) in [5.74, 6) is 0.771. The molecule has 0 bridgehead atoms. The molecular formula is C15H22ClNO3S. The van der Waals surface area contributed by atoms with E-state index in [9.17, 15) is 8.42 Å². The van der Waals surface area contributed by atoms with Gasteiger partial charge in [-0.3, -0.25) is 0 Å². The highest BCUT2D eigenvalue weighted by atomic mass is 35.5. The molecule has 1 aliphatic carbocycles. The Balaban J connectivity index is 2.30. The van der Waals surface area contributed by atoms with Crippen molar-refractivity contribution in [1.82, 2.24) is 4.31 Å². The van der Waals surface area contributed by atoms with Gasteiger partial charge in [0.05, 0.1) is 11.5 Å². The Labute approximate surface area is 132 Å². The van der Waals surface area contributed by atoms with Crippen molar-refractivity contribution in [3.63, 3.8) is 0 Å². The molecule has 1 atom stereocenters. The van der Waals surface area contributed by atoms with Crippen molar-refractivity contribution in [3.8, 4) is 0 Å². The molecule has 1 fully saturated rings. The van der Waals surface area contributed by atoms with Gasteiger partial charge < -0.3 is 4.74 Å². The number of rotatable bonds is 8. The number of ether oxygens (including phenoxy) is 1. The number of nitrogens with zero attached hydrogens (tertiary/aromatic N) is 1. The topological polar surface area (TPSA) is 46.6 Å². The summed E-state index contributed by atoms with van der Waals surface area (Å²) in [6.07, 6.45) is 2.20. The average molecular weight is 332 g/mol. The summed E-state index contributed by atoms with van der Waals surface area (Å²) in [4.78, 5) is 0.309. The lowest BCUT2D eigenvalue weighted by molar-refractivity contribution is 0.164. The molecule has 0 N–H and O–H groups in total. The maximum Gasteiger partial charge on any atom is 0.243 e. The van der Waals surface area contributed by atoms with Crippen LogP contribution < -0.4 is 0 Å². The molecule has 0 aliphatic heterocycles. The highest BCUT2D eigenvalue weighted by molar-refractivity contribution is 7.89. The molecule has 21 heavy (non-hydrogen) atoms. The van der Waals surface area contributed by atoms with Gasteiger partial charge in [-0.15, -0.1) is 11.6 Å². The van der Waals surface area contributed by atoms with Crippen molar-refractivity contribution >= 4 is 21.6 Å². The molecule has 118 valence electrons. The van der Waals surface area contributed by atoms with E-state index in [1.165, 1.54) is 0 Å². The van der Waals surface area contributed by atoms with E-state index in [0.29, 0.717) is 29.8 Å². The van der Waals surface area contributed by atoms with Crippen LogP contribution in [0.2, 0.25) is 0 Å². The standard InChI is InChI=1S/C15H22ClNO3S/c1-12(14-6-7-14)17(8-9-20-2)21(18,19)15-5-3-4-13(10-15)11-16/h3-5,10,12,14H,6-9,11H2,1-2H3. The highest BCUT2D eigenvalue weighted by Gasteiger charge is 2.38. The largest absolute Gasteiger partial charge is 0.383 e. The Hall–Kier alpha value is -0.620. The molecular weight excluding hydrogens is 310 g/mol. The van der Waals surface area contributed by atoms with E-state index in [-0.39, 0.29) is 6.04 Å². The van der Waals surface area contributed by atoms with Gasteiger partial charge in [-0.2, -0.15) is 4.31 Å². The Morgan fingerprint density at radius 1 is 1.43 bits per heavy atom. The first-order valence-corrected chi connectivity index (χ1v) is 9.14. The molecule has 0 spiro atoms. The fourth-order valence-electron chi connectivity index (χ4n) is 2.46. The number of benzene rings is 1. The van der Waals surface area contributed by atoms with Crippen LogP contribution in [0, 0.1) is 5.92 Å². The number of sulfonamides is 1. The van der Waals surface area contributed by atoms with Crippen LogP contribution in [0.4, 0.5) is 0 Å². The maximum absolute atomic E-state index is 12.9. The van der Waals surface area contributed by atoms with Crippen LogP contribution >= 0.6 is 11.6 Å². The summed E-state index contributed by atoms with van der Waals surface area (Å²) in [5, 5.41) is 0. The van der Waals surface area contributed by atoms with Crippen LogP contribution in [0.25, 0.3) is 0 Å². The van der Waals surface area contributed by atoms with Crippen molar-refractivity contribution < 1.29 is 13.2 Å². The molecule has 1 saturated carbocycles. The SMILES string of the molecule is COCCN(C(C)C1CC1)S(=O)(=O)c1cccc(CCl)c1. The second-order valence-electron chi connectivity index (χ2n) is 5.47. The van der Waals surface area contributed by atoms with Gasteiger partial charge in [-0.25, -0.2) is 8.42 Å². The molecule has 0 radical (unpaired) electrons. The lowest BCUT2D eigenvalue weighted by atomic mass is 10.2. The normalized spacial score (nSPS) is 17.1. The summed E-state index contributed by atoms with van der Waals surface area (Å²) >= 11 is 5.81. The second-order valence-corrected chi connectivity index (χ2v) is 7.63. The van der Waals surface area contributed by atoms with Crippen LogP contribution in [-0.4, -0.2) is 39.0 Å². The first kappa shape index (κ1) is 16.7. The summed E-state index contributed by atoms with van der Waals surface area (Å²) in [5.41, 5.74) is 0.809. The van der Waals surface area contributed by atoms with Gasteiger partial charge in [-0.05, 0) is 43.4 Å². The van der Waals surface area contributed by atoms with E-state index in [0.717, 1.165) is 18.4 Å². The molecule has 0 amide bonds. The molecule has 6 heteroatoms. The zero-order valence-electron chi connectivity index (χ0n) is 12.5. The summed E-state index contributed by atoms with van der Waals surface area (Å²) in [6, 6.07) is 6.85. The lowest BCUT2D eigenvalue weighted by Gasteiger charge is -2.28. The van der Waals surface area contributed by atoms with Gasteiger partial charge in [0.25, 0.3) is 0 Å². The molecule has 2 rings (SSSR count). The Morgan fingerprint density at radius 2 is 2.14 bits per heavy atom. The van der Waals surface area contributed by atoms with Crippen molar-refractivity contribution in [3.05, 3.63) is 29.8 Å². The van der Waals surface area contributed by atoms with Gasteiger partial charge >= 0.3 is 0 Å². The summed E-state index contributed by atoms with van der Waals surface area (Å²) in [7, 11) is -1.93. The third kappa shape index (κ3) is 3.97. The van der Waals surface area contributed by atoms with Gasteiger partial charge in [0.2, 0.25) is 10.0 Å². The van der Waals surface area contributed by atoms with Gasteiger partial charge in [-0.1, -0.05) is 12.1 Å². The number of alkyl halides is 1. The van der Waals surface area contributed by atoms with E-state index in [4.69, 9.17) is 16.3 Å². The van der Waals surface area contributed by atoms with Crippen LogP contribution in [0.15, 0.2) is 29.2 Å².